The van der Waals surface area contributed by atoms with Crippen LogP contribution in [0.5, 0.6) is 0 Å². The van der Waals surface area contributed by atoms with Gasteiger partial charge in [-0.05, 0) is 13.3 Å². The number of unbranched alkanes of at least 4 members (excludes halogenated alkanes) is 2. The summed E-state index contributed by atoms with van der Waals surface area (Å²) >= 11 is 0. The van der Waals surface area contributed by atoms with Gasteiger partial charge in [0.2, 0.25) is 0 Å². The standard InChI is InChI=1S/C16H22O2/c1-3-5-8-13-15(16(17)18-4-2)14-11-9-6-7-10-12-14/h6-7,9-14H,3-5,8H2,1-2H3/b15-13-. The van der Waals surface area contributed by atoms with E-state index >= 15 is 0 Å². The van der Waals surface area contributed by atoms with Gasteiger partial charge < -0.3 is 4.74 Å². The Hall–Kier alpha value is -1.57. The second kappa shape index (κ2) is 8.51. The minimum atomic E-state index is -0.199. The van der Waals surface area contributed by atoms with Crippen molar-refractivity contribution in [2.75, 3.05) is 6.61 Å². The summed E-state index contributed by atoms with van der Waals surface area (Å²) in [6.45, 7) is 4.40. The smallest absolute Gasteiger partial charge is 0.334 e. The molecule has 0 unspecified atom stereocenters. The number of hydrogen-bond acceptors (Lipinski definition) is 2. The van der Waals surface area contributed by atoms with Crippen LogP contribution in [0.4, 0.5) is 0 Å². The first-order valence-electron chi connectivity index (χ1n) is 6.68. The fourth-order valence-electron chi connectivity index (χ4n) is 1.80. The molecule has 0 saturated carbocycles. The molecule has 0 N–H and O–H groups in total. The van der Waals surface area contributed by atoms with Crippen molar-refractivity contribution in [2.45, 2.75) is 33.1 Å². The summed E-state index contributed by atoms with van der Waals surface area (Å²) in [7, 11) is 0. The quantitative estimate of drug-likeness (QED) is 0.403. The second-order valence-electron chi connectivity index (χ2n) is 4.20. The van der Waals surface area contributed by atoms with Gasteiger partial charge in [0, 0.05) is 11.5 Å². The number of carbonyl (C=O) groups excluding carboxylic acids is 1. The molecular weight excluding hydrogens is 224 g/mol. The maximum absolute atomic E-state index is 12.0. The van der Waals surface area contributed by atoms with Gasteiger partial charge in [0.1, 0.15) is 0 Å². The molecule has 98 valence electrons. The predicted octanol–water partition coefficient (Wildman–Crippen LogP) is 3.96. The Morgan fingerprint density at radius 3 is 2.39 bits per heavy atom. The van der Waals surface area contributed by atoms with E-state index in [0.29, 0.717) is 6.61 Å². The first-order valence-corrected chi connectivity index (χ1v) is 6.68. The van der Waals surface area contributed by atoms with Gasteiger partial charge in [0.25, 0.3) is 0 Å². The molecule has 0 amide bonds. The molecule has 0 atom stereocenters. The van der Waals surface area contributed by atoms with Crippen molar-refractivity contribution in [1.29, 1.82) is 0 Å². The molecule has 0 fully saturated rings. The van der Waals surface area contributed by atoms with Gasteiger partial charge in [0.05, 0.1) is 6.61 Å². The van der Waals surface area contributed by atoms with E-state index in [1.54, 1.807) is 0 Å². The average molecular weight is 246 g/mol. The summed E-state index contributed by atoms with van der Waals surface area (Å²) in [6.07, 6.45) is 17.1. The number of ether oxygens (including phenoxy) is 1. The highest BCUT2D eigenvalue weighted by Crippen LogP contribution is 2.19. The molecule has 2 heteroatoms. The molecule has 0 radical (unpaired) electrons. The second-order valence-corrected chi connectivity index (χ2v) is 4.20. The predicted molar refractivity (Wildman–Crippen MR) is 75.2 cm³/mol. The molecular formula is C16H22O2. The van der Waals surface area contributed by atoms with Gasteiger partial charge in [-0.2, -0.15) is 0 Å². The van der Waals surface area contributed by atoms with Gasteiger partial charge in [-0.15, -0.1) is 0 Å². The molecule has 1 aliphatic rings. The Labute approximate surface area is 110 Å². The maximum atomic E-state index is 12.0. The summed E-state index contributed by atoms with van der Waals surface area (Å²) in [5, 5.41) is 0. The number of hydrogen-bond donors (Lipinski definition) is 0. The SMILES string of the molecule is CCCC/C=C(\C(=O)OCC)C1C=CC=CC=C1. The Morgan fingerprint density at radius 2 is 1.83 bits per heavy atom. The van der Waals surface area contributed by atoms with Crippen LogP contribution >= 0.6 is 0 Å². The lowest BCUT2D eigenvalue weighted by Gasteiger charge is -2.12. The third-order valence-electron chi connectivity index (χ3n) is 2.76. The number of allylic oxidation sites excluding steroid dienone is 7. The number of esters is 1. The molecule has 2 nitrogen and oxygen atoms in total. The van der Waals surface area contributed by atoms with Crippen LogP contribution in [0.1, 0.15) is 33.1 Å². The highest BCUT2D eigenvalue weighted by Gasteiger charge is 2.17. The van der Waals surface area contributed by atoms with E-state index in [1.165, 1.54) is 0 Å². The number of rotatable bonds is 6. The third-order valence-corrected chi connectivity index (χ3v) is 2.76. The van der Waals surface area contributed by atoms with E-state index < -0.39 is 0 Å². The monoisotopic (exact) mass is 246 g/mol. The summed E-state index contributed by atoms with van der Waals surface area (Å²) in [5.41, 5.74) is 0.751. The van der Waals surface area contributed by atoms with Crippen molar-refractivity contribution in [3.63, 3.8) is 0 Å². The lowest BCUT2D eigenvalue weighted by Crippen LogP contribution is -2.13. The van der Waals surface area contributed by atoms with E-state index in [9.17, 15) is 4.79 Å². The average Bonchev–Trinajstić information content (AvgIpc) is 2.63. The van der Waals surface area contributed by atoms with Crippen LogP contribution in [0.25, 0.3) is 0 Å². The van der Waals surface area contributed by atoms with E-state index in [2.05, 4.69) is 6.92 Å². The summed E-state index contributed by atoms with van der Waals surface area (Å²) in [4.78, 5) is 12.0. The Morgan fingerprint density at radius 1 is 1.17 bits per heavy atom. The lowest BCUT2D eigenvalue weighted by atomic mass is 9.96. The molecule has 0 aromatic heterocycles. The van der Waals surface area contributed by atoms with Gasteiger partial charge in [-0.25, -0.2) is 4.79 Å². The molecule has 0 bridgehead atoms. The first-order chi connectivity index (χ1) is 8.79. The summed E-state index contributed by atoms with van der Waals surface area (Å²) in [6, 6.07) is 0. The molecule has 0 aromatic carbocycles. The van der Waals surface area contributed by atoms with Crippen molar-refractivity contribution < 1.29 is 9.53 Å². The minimum absolute atomic E-state index is 0.0240. The molecule has 1 aliphatic carbocycles. The van der Waals surface area contributed by atoms with Crippen LogP contribution in [0.3, 0.4) is 0 Å². The van der Waals surface area contributed by atoms with Crippen LogP contribution in [-0.2, 0) is 9.53 Å². The third kappa shape index (κ3) is 4.74. The molecule has 18 heavy (non-hydrogen) atoms. The largest absolute Gasteiger partial charge is 0.463 e. The van der Waals surface area contributed by atoms with Gasteiger partial charge in [-0.3, -0.25) is 0 Å². The summed E-state index contributed by atoms with van der Waals surface area (Å²) < 4.78 is 5.13. The minimum Gasteiger partial charge on any atom is -0.463 e. The molecule has 1 rings (SSSR count). The lowest BCUT2D eigenvalue weighted by molar-refractivity contribution is -0.138. The zero-order chi connectivity index (χ0) is 13.2. The van der Waals surface area contributed by atoms with Crippen molar-refractivity contribution in [1.82, 2.24) is 0 Å². The highest BCUT2D eigenvalue weighted by atomic mass is 16.5. The van der Waals surface area contributed by atoms with Crippen LogP contribution in [0, 0.1) is 5.92 Å². The van der Waals surface area contributed by atoms with Crippen molar-refractivity contribution >= 4 is 5.97 Å². The van der Waals surface area contributed by atoms with Crippen molar-refractivity contribution in [2.24, 2.45) is 5.92 Å². The van der Waals surface area contributed by atoms with Gasteiger partial charge in [0.15, 0.2) is 0 Å². The van der Waals surface area contributed by atoms with Crippen LogP contribution < -0.4 is 0 Å². The zero-order valence-electron chi connectivity index (χ0n) is 11.3. The topological polar surface area (TPSA) is 26.3 Å². The molecule has 0 heterocycles. The van der Waals surface area contributed by atoms with Crippen molar-refractivity contribution in [3.05, 3.63) is 48.1 Å². The van der Waals surface area contributed by atoms with E-state index in [4.69, 9.17) is 4.74 Å². The fourth-order valence-corrected chi connectivity index (χ4v) is 1.80. The van der Waals surface area contributed by atoms with E-state index in [0.717, 1.165) is 24.8 Å². The van der Waals surface area contributed by atoms with Crippen molar-refractivity contribution in [3.8, 4) is 0 Å². The Balaban J connectivity index is 2.82. The molecule has 0 aliphatic heterocycles. The Kier molecular flexibility index (Phi) is 6.85. The maximum Gasteiger partial charge on any atom is 0.334 e. The summed E-state index contributed by atoms with van der Waals surface area (Å²) in [5.74, 6) is -0.175. The Bertz CT molecular complexity index is 357. The van der Waals surface area contributed by atoms with E-state index in [1.807, 2.05) is 49.5 Å². The van der Waals surface area contributed by atoms with Crippen LogP contribution in [0.2, 0.25) is 0 Å². The fraction of sp³-hybridized carbons (Fsp3) is 0.438. The van der Waals surface area contributed by atoms with E-state index in [-0.39, 0.29) is 11.9 Å². The van der Waals surface area contributed by atoms with Crippen LogP contribution in [0.15, 0.2) is 48.1 Å². The zero-order valence-corrected chi connectivity index (χ0v) is 11.3. The normalized spacial score (nSPS) is 15.8. The van der Waals surface area contributed by atoms with Gasteiger partial charge >= 0.3 is 5.97 Å². The molecule has 0 saturated heterocycles. The molecule has 0 aromatic rings. The van der Waals surface area contributed by atoms with Crippen LogP contribution in [-0.4, -0.2) is 12.6 Å². The molecule has 0 spiro atoms. The van der Waals surface area contributed by atoms with Gasteiger partial charge in [-0.1, -0.05) is 62.3 Å². The number of carbonyl (C=O) groups is 1. The highest BCUT2D eigenvalue weighted by molar-refractivity contribution is 5.90. The first kappa shape index (κ1) is 14.5.